The predicted octanol–water partition coefficient (Wildman–Crippen LogP) is 4.71. The van der Waals surface area contributed by atoms with Crippen LogP contribution in [0.25, 0.3) is 11.0 Å². The van der Waals surface area contributed by atoms with Crippen LogP contribution in [0.4, 0.5) is 20.5 Å². The second kappa shape index (κ2) is 8.62. The molecule has 1 aliphatic rings. The number of pyridine rings is 2. The van der Waals surface area contributed by atoms with E-state index in [0.717, 1.165) is 24.9 Å². The minimum Gasteiger partial charge on any atom is -0.340 e. The molecule has 152 valence electrons. The van der Waals surface area contributed by atoms with Gasteiger partial charge in [-0.1, -0.05) is 37.9 Å². The normalized spacial score (nSPS) is 17.1. The monoisotopic (exact) mass is 640 g/mol. The molecule has 29 heavy (non-hydrogen) atoms. The molecule has 2 atom stereocenters. The summed E-state index contributed by atoms with van der Waals surface area (Å²) in [5.41, 5.74) is -2.32. The molecule has 0 spiro atoms. The van der Waals surface area contributed by atoms with Crippen LogP contribution in [0.1, 0.15) is 17.7 Å². The first-order valence-electron chi connectivity index (χ1n) is 8.89. The van der Waals surface area contributed by atoms with Gasteiger partial charge in [-0.2, -0.15) is 18.7 Å². The molecule has 3 aromatic heterocycles. The topological polar surface area (TPSA) is 58.0 Å². The lowest BCUT2D eigenvalue weighted by Crippen LogP contribution is -2.24. The van der Waals surface area contributed by atoms with Crippen molar-refractivity contribution in [3.8, 4) is 0 Å². The minimum absolute atomic E-state index is 0.225. The van der Waals surface area contributed by atoms with Crippen LogP contribution in [-0.4, -0.2) is 37.0 Å². The highest BCUT2D eigenvalue weighted by Crippen LogP contribution is 2.37. The van der Waals surface area contributed by atoms with E-state index in [-0.39, 0.29) is 12.2 Å². The Bertz CT molecular complexity index is 1030. The number of alkyl halides is 3. The summed E-state index contributed by atoms with van der Waals surface area (Å²) in [6.45, 7) is 1.99. The minimum atomic E-state index is -3.10. The van der Waals surface area contributed by atoms with Crippen LogP contribution in [0.15, 0.2) is 36.7 Å². The van der Waals surface area contributed by atoms with E-state index in [0.29, 0.717) is 26.9 Å². The van der Waals surface area contributed by atoms with E-state index in [9.17, 15) is 8.78 Å². The summed E-state index contributed by atoms with van der Waals surface area (Å²) in [5.74, 6) is 1.27. The first kappa shape index (κ1) is 21.2. The standard InChI is InChI=1S/C18H17F2I2N6P/c19-18(20,29)14-11(3-1-6-23-14)9-28(22)16-13-4-2-7-24-15(13)25-17(26-16)27-8-5-12(21)10-27/h1-4,6-7,12H,5,8-10,29H2. The summed E-state index contributed by atoms with van der Waals surface area (Å²) in [4.78, 5) is 19.8. The van der Waals surface area contributed by atoms with Gasteiger partial charge in [0.1, 0.15) is 5.69 Å². The summed E-state index contributed by atoms with van der Waals surface area (Å²) in [6.07, 6.45) is 4.15. The zero-order valence-corrected chi connectivity index (χ0v) is 20.6. The summed E-state index contributed by atoms with van der Waals surface area (Å²) in [7, 11) is 1.56. The van der Waals surface area contributed by atoms with Crippen molar-refractivity contribution >= 4 is 77.5 Å². The largest absolute Gasteiger partial charge is 0.340 e. The van der Waals surface area contributed by atoms with Crippen molar-refractivity contribution < 1.29 is 8.78 Å². The molecule has 1 aliphatic heterocycles. The van der Waals surface area contributed by atoms with Crippen LogP contribution >= 0.6 is 54.7 Å². The van der Waals surface area contributed by atoms with E-state index < -0.39 is 5.66 Å². The molecule has 6 nitrogen and oxygen atoms in total. The highest BCUT2D eigenvalue weighted by atomic mass is 127. The van der Waals surface area contributed by atoms with Gasteiger partial charge < -0.3 is 4.90 Å². The maximum atomic E-state index is 14.0. The van der Waals surface area contributed by atoms with E-state index in [1.165, 1.54) is 6.20 Å². The maximum Gasteiger partial charge on any atom is 0.300 e. The Morgan fingerprint density at radius 2 is 1.97 bits per heavy atom. The smallest absolute Gasteiger partial charge is 0.300 e. The molecule has 0 radical (unpaired) electrons. The fourth-order valence-electron chi connectivity index (χ4n) is 3.25. The van der Waals surface area contributed by atoms with Gasteiger partial charge in [0.2, 0.25) is 5.95 Å². The van der Waals surface area contributed by atoms with E-state index >= 15 is 0 Å². The number of fused-ring (bicyclic) bond motifs is 1. The molecule has 0 bridgehead atoms. The quantitative estimate of drug-likeness (QED) is 0.174. The second-order valence-electron chi connectivity index (χ2n) is 6.71. The number of hydrogen-bond acceptors (Lipinski definition) is 6. The van der Waals surface area contributed by atoms with Crippen LogP contribution in [0.5, 0.6) is 0 Å². The van der Waals surface area contributed by atoms with Gasteiger partial charge in [0.05, 0.1) is 34.8 Å². The van der Waals surface area contributed by atoms with Crippen LogP contribution < -0.4 is 8.01 Å². The van der Waals surface area contributed by atoms with Crippen molar-refractivity contribution in [1.29, 1.82) is 0 Å². The Balaban J connectivity index is 1.73. The van der Waals surface area contributed by atoms with Crippen LogP contribution in [-0.2, 0) is 12.2 Å². The lowest BCUT2D eigenvalue weighted by Gasteiger charge is -2.23. The van der Waals surface area contributed by atoms with Crippen LogP contribution in [0, 0.1) is 0 Å². The molecule has 11 heteroatoms. The van der Waals surface area contributed by atoms with Crippen molar-refractivity contribution in [2.24, 2.45) is 0 Å². The summed E-state index contributed by atoms with van der Waals surface area (Å²) >= 11 is 4.54. The molecule has 0 aromatic carbocycles. The maximum absolute atomic E-state index is 14.0. The first-order valence-corrected chi connectivity index (χ1v) is 11.7. The van der Waals surface area contributed by atoms with E-state index in [1.807, 2.05) is 15.2 Å². The van der Waals surface area contributed by atoms with Gasteiger partial charge in [-0.3, -0.25) is 8.10 Å². The number of halogens is 4. The molecule has 0 amide bonds. The highest BCUT2D eigenvalue weighted by Gasteiger charge is 2.30. The Morgan fingerprint density at radius 3 is 2.69 bits per heavy atom. The van der Waals surface area contributed by atoms with Gasteiger partial charge >= 0.3 is 5.66 Å². The van der Waals surface area contributed by atoms with Crippen molar-refractivity contribution in [2.75, 3.05) is 21.1 Å². The summed E-state index contributed by atoms with van der Waals surface area (Å²) < 4.78 is 30.3. The third-order valence-electron chi connectivity index (χ3n) is 4.60. The lowest BCUT2D eigenvalue weighted by molar-refractivity contribution is 0.0975. The fourth-order valence-corrected chi connectivity index (χ4v) is 5.00. The summed E-state index contributed by atoms with van der Waals surface area (Å²) in [6, 6.07) is 7.04. The third-order valence-corrected chi connectivity index (χ3v) is 6.69. The van der Waals surface area contributed by atoms with Crippen LogP contribution in [0.2, 0.25) is 0 Å². The molecular formula is C18H17F2I2N6P. The van der Waals surface area contributed by atoms with Crippen molar-refractivity contribution in [1.82, 2.24) is 19.9 Å². The van der Waals surface area contributed by atoms with Gasteiger partial charge in [0.15, 0.2) is 11.5 Å². The van der Waals surface area contributed by atoms with Crippen LogP contribution in [0.3, 0.4) is 0 Å². The van der Waals surface area contributed by atoms with Crippen molar-refractivity contribution in [2.45, 2.75) is 22.6 Å². The van der Waals surface area contributed by atoms with Crippen molar-refractivity contribution in [3.63, 3.8) is 0 Å². The Morgan fingerprint density at radius 1 is 1.21 bits per heavy atom. The zero-order chi connectivity index (χ0) is 20.6. The molecule has 0 saturated carbocycles. The van der Waals surface area contributed by atoms with Crippen molar-refractivity contribution in [3.05, 3.63) is 47.9 Å². The molecule has 3 aromatic rings. The van der Waals surface area contributed by atoms with Gasteiger partial charge in [-0.25, -0.2) is 4.98 Å². The molecular weight excluding hydrogens is 623 g/mol. The van der Waals surface area contributed by atoms with Gasteiger partial charge in [-0.15, -0.1) is 0 Å². The predicted molar refractivity (Wildman–Crippen MR) is 130 cm³/mol. The number of anilines is 2. The highest BCUT2D eigenvalue weighted by molar-refractivity contribution is 14.1. The number of rotatable bonds is 5. The molecule has 0 aliphatic carbocycles. The average Bonchev–Trinajstić information content (AvgIpc) is 3.13. The van der Waals surface area contributed by atoms with E-state index in [1.54, 1.807) is 27.6 Å². The molecule has 0 N–H and O–H groups in total. The van der Waals surface area contributed by atoms with Gasteiger partial charge in [0.25, 0.3) is 0 Å². The first-order chi connectivity index (χ1) is 13.8. The number of aromatic nitrogens is 4. The SMILES string of the molecule is FC(F)(P)c1ncccc1CN(I)c1nc(N2CCC(I)C2)nc2ncccc12. The number of hydrogen-bond donors (Lipinski definition) is 0. The molecule has 4 heterocycles. The zero-order valence-electron chi connectivity index (χ0n) is 15.1. The van der Waals surface area contributed by atoms with Gasteiger partial charge in [-0.05, 0) is 24.6 Å². The molecule has 1 fully saturated rings. The molecule has 1 saturated heterocycles. The molecule has 2 unspecified atom stereocenters. The molecule has 4 rings (SSSR count). The van der Waals surface area contributed by atoms with E-state index in [2.05, 4.69) is 65.3 Å². The Hall–Kier alpha value is -1.01. The second-order valence-corrected chi connectivity index (χ2v) is 10.4. The average molecular weight is 640 g/mol. The lowest BCUT2D eigenvalue weighted by atomic mass is 10.2. The fraction of sp³-hybridized carbons (Fsp3) is 0.333. The Kier molecular flexibility index (Phi) is 6.31. The van der Waals surface area contributed by atoms with E-state index in [4.69, 9.17) is 4.98 Å². The Labute approximate surface area is 196 Å². The summed E-state index contributed by atoms with van der Waals surface area (Å²) in [5, 5.41) is 0.777. The third kappa shape index (κ3) is 4.68. The number of nitrogens with zero attached hydrogens (tertiary/aromatic N) is 6. The van der Waals surface area contributed by atoms with Gasteiger partial charge in [0, 0.05) is 35.0 Å².